The number of anilines is 2. The highest BCUT2D eigenvalue weighted by Gasteiger charge is 2.38. The number of aromatic nitrogens is 2. The summed E-state index contributed by atoms with van der Waals surface area (Å²) in [7, 11) is -4.85. The number of imide groups is 1. The summed E-state index contributed by atoms with van der Waals surface area (Å²) in [6.07, 6.45) is 9.11. The smallest absolute Gasteiger partial charge is 0.489 e. The quantitative estimate of drug-likeness (QED) is 0.103. The van der Waals surface area contributed by atoms with Crippen LogP contribution in [0.3, 0.4) is 0 Å². The maximum absolute atomic E-state index is 13.5. The Bertz CT molecular complexity index is 2050. The van der Waals surface area contributed by atoms with E-state index in [9.17, 15) is 28.7 Å². The van der Waals surface area contributed by atoms with E-state index in [2.05, 4.69) is 26.3 Å². The number of nitrogens with zero attached hydrogens (tertiary/aromatic N) is 5. The van der Waals surface area contributed by atoms with Gasteiger partial charge in [-0.1, -0.05) is 24.3 Å². The van der Waals surface area contributed by atoms with Gasteiger partial charge >= 0.3 is 7.82 Å². The van der Waals surface area contributed by atoms with Crippen molar-refractivity contribution in [3.63, 3.8) is 0 Å². The van der Waals surface area contributed by atoms with Gasteiger partial charge in [-0.05, 0) is 67.9 Å². The normalized spacial score (nSPS) is 22.7. The van der Waals surface area contributed by atoms with E-state index in [-0.39, 0.29) is 64.8 Å². The van der Waals surface area contributed by atoms with E-state index in [1.165, 1.54) is 22.9 Å². The second-order valence-corrected chi connectivity index (χ2v) is 15.1. The van der Waals surface area contributed by atoms with Gasteiger partial charge in [0.1, 0.15) is 35.7 Å². The Morgan fingerprint density at radius 2 is 1.76 bits per heavy atom. The van der Waals surface area contributed by atoms with E-state index in [0.717, 1.165) is 42.7 Å². The molecule has 3 aromatic rings. The fourth-order valence-electron chi connectivity index (χ4n) is 7.95. The summed E-state index contributed by atoms with van der Waals surface area (Å²) < 4.78 is 23.9. The Morgan fingerprint density at radius 3 is 2.48 bits per heavy atom. The van der Waals surface area contributed by atoms with E-state index in [1.54, 1.807) is 29.4 Å². The third-order valence-corrected chi connectivity index (χ3v) is 11.0. The molecule has 1 aliphatic carbocycles. The van der Waals surface area contributed by atoms with Crippen LogP contribution in [0.1, 0.15) is 55.6 Å². The Morgan fingerprint density at radius 1 is 0.981 bits per heavy atom. The topological polar surface area (TPSA) is 245 Å². The standard InChI is InChI=1S/C36H44N9O8P/c37-27(26-4-1-2-7-31(26)53-54(49,50)51)18-30(35(38)39)45-20-24(19-40-45)43-15-14-42(21-33(43)47)23-10-8-22(9-11-23)25-5-3-6-28-34(25)52-17-16-44(28)29-12-13-32(46)41-36(29)48/h1-7,18-20,22-23,29H,8-17,21,37-39H2,(H,41,46,48)(H2,49,50,51)/b27-18-. The average Bonchev–Trinajstić information content (AvgIpc) is 3.62. The van der Waals surface area contributed by atoms with Gasteiger partial charge in [-0.25, -0.2) is 9.25 Å². The zero-order valence-electron chi connectivity index (χ0n) is 29.5. The van der Waals surface area contributed by atoms with Gasteiger partial charge in [-0.3, -0.25) is 34.4 Å². The number of hydrogen-bond donors (Lipinski definition) is 6. The van der Waals surface area contributed by atoms with Crippen molar-refractivity contribution in [1.82, 2.24) is 20.0 Å². The number of para-hydroxylation sites is 2. The Kier molecular flexibility index (Phi) is 10.4. The maximum atomic E-state index is 13.5. The van der Waals surface area contributed by atoms with Crippen molar-refractivity contribution in [1.29, 1.82) is 0 Å². The van der Waals surface area contributed by atoms with Crippen molar-refractivity contribution in [3.05, 3.63) is 77.9 Å². The number of piperidine rings is 1. The number of allylic oxidation sites excluding steroid dienone is 2. The zero-order chi connectivity index (χ0) is 38.1. The summed E-state index contributed by atoms with van der Waals surface area (Å²) in [5.74, 6) is 0.310. The Hall–Kier alpha value is -5.35. The number of ether oxygens (including phenoxy) is 1. The third-order valence-electron chi connectivity index (χ3n) is 10.5. The maximum Gasteiger partial charge on any atom is 0.524 e. The highest BCUT2D eigenvalue weighted by molar-refractivity contribution is 7.46. The number of benzene rings is 2. The summed E-state index contributed by atoms with van der Waals surface area (Å²) in [5, 5.41) is 6.86. The van der Waals surface area contributed by atoms with Crippen molar-refractivity contribution in [3.8, 4) is 11.5 Å². The molecule has 0 bridgehead atoms. The van der Waals surface area contributed by atoms with Crippen LogP contribution >= 0.6 is 7.82 Å². The number of carbonyl (C=O) groups is 3. The van der Waals surface area contributed by atoms with Crippen molar-refractivity contribution in [2.75, 3.05) is 42.6 Å². The summed E-state index contributed by atoms with van der Waals surface area (Å²) in [6, 6.07) is 12.1. The summed E-state index contributed by atoms with van der Waals surface area (Å²) in [5.41, 5.74) is 21.4. The highest BCUT2D eigenvalue weighted by Crippen LogP contribution is 2.45. The molecule has 4 aliphatic rings. The number of nitrogens with one attached hydrogen (secondary N) is 1. The first kappa shape index (κ1) is 37.0. The SMILES string of the molecule is NC(N)=C(/C=C(\N)c1ccccc1OP(=O)(O)O)n1cc(N2CCN(C3CCC(c4cccc5c4OCCN5C4CCC(=O)NC4=O)CC3)CC2=O)cn1. The number of piperazine rings is 1. The van der Waals surface area contributed by atoms with Crippen LogP contribution in [0, 0.1) is 0 Å². The van der Waals surface area contributed by atoms with Crippen LogP contribution in [-0.2, 0) is 18.9 Å². The van der Waals surface area contributed by atoms with Gasteiger partial charge in [0.25, 0.3) is 0 Å². The zero-order valence-corrected chi connectivity index (χ0v) is 30.4. The minimum atomic E-state index is -4.85. The fourth-order valence-corrected chi connectivity index (χ4v) is 8.36. The monoisotopic (exact) mass is 761 g/mol. The van der Waals surface area contributed by atoms with E-state index in [0.29, 0.717) is 44.8 Å². The van der Waals surface area contributed by atoms with Crippen LogP contribution in [0.15, 0.2) is 66.8 Å². The molecule has 9 N–H and O–H groups in total. The largest absolute Gasteiger partial charge is 0.524 e. The minimum absolute atomic E-state index is 0.0628. The van der Waals surface area contributed by atoms with Gasteiger partial charge in [-0.2, -0.15) is 5.10 Å². The lowest BCUT2D eigenvalue weighted by Crippen LogP contribution is -2.54. The van der Waals surface area contributed by atoms with E-state index < -0.39 is 13.9 Å². The lowest BCUT2D eigenvalue weighted by molar-refractivity contribution is -0.134. The van der Waals surface area contributed by atoms with Crippen LogP contribution in [-0.4, -0.2) is 87.1 Å². The van der Waals surface area contributed by atoms with Crippen molar-refractivity contribution >= 4 is 48.3 Å². The highest BCUT2D eigenvalue weighted by atomic mass is 31.2. The molecule has 18 heteroatoms. The van der Waals surface area contributed by atoms with Gasteiger partial charge in [0.2, 0.25) is 17.7 Å². The molecule has 54 heavy (non-hydrogen) atoms. The molecule has 1 unspecified atom stereocenters. The van der Waals surface area contributed by atoms with Crippen LogP contribution < -0.4 is 41.6 Å². The number of phosphoric acid groups is 1. The molecule has 3 amide bonds. The molecule has 286 valence electrons. The summed E-state index contributed by atoms with van der Waals surface area (Å²) in [6.45, 7) is 2.45. The third kappa shape index (κ3) is 7.80. The van der Waals surface area contributed by atoms with Gasteiger partial charge < -0.3 is 36.3 Å². The number of amides is 3. The number of rotatable bonds is 9. The molecule has 0 spiro atoms. The second-order valence-electron chi connectivity index (χ2n) is 13.9. The molecule has 4 heterocycles. The van der Waals surface area contributed by atoms with Gasteiger partial charge in [-0.15, -0.1) is 0 Å². The number of phosphoric ester groups is 1. The van der Waals surface area contributed by atoms with E-state index >= 15 is 0 Å². The average molecular weight is 762 g/mol. The summed E-state index contributed by atoms with van der Waals surface area (Å²) >= 11 is 0. The molecule has 1 aromatic heterocycles. The number of fused-ring (bicyclic) bond motifs is 1. The molecule has 17 nitrogen and oxygen atoms in total. The lowest BCUT2D eigenvalue weighted by atomic mass is 9.80. The van der Waals surface area contributed by atoms with Crippen molar-refractivity contribution in [2.24, 2.45) is 17.2 Å². The molecule has 7 rings (SSSR count). The molecule has 2 saturated heterocycles. The molecule has 1 atom stereocenters. The number of carbonyl (C=O) groups excluding carboxylic acids is 3. The van der Waals surface area contributed by atoms with Crippen molar-refractivity contribution < 1.29 is 38.0 Å². The van der Waals surface area contributed by atoms with Crippen LogP contribution in [0.4, 0.5) is 11.4 Å². The molecule has 1 saturated carbocycles. The molecule has 3 aliphatic heterocycles. The lowest BCUT2D eigenvalue weighted by Gasteiger charge is -2.42. The molecule has 2 aromatic carbocycles. The van der Waals surface area contributed by atoms with Crippen LogP contribution in [0.25, 0.3) is 11.4 Å². The van der Waals surface area contributed by atoms with Crippen LogP contribution in [0.5, 0.6) is 11.5 Å². The molecular formula is C36H44N9O8P. The second kappa shape index (κ2) is 15.2. The van der Waals surface area contributed by atoms with E-state index in [4.69, 9.17) is 26.5 Å². The van der Waals surface area contributed by atoms with Gasteiger partial charge in [0, 0.05) is 36.8 Å². The number of nitrogens with two attached hydrogens (primary N) is 3. The first-order chi connectivity index (χ1) is 25.9. The Balaban J connectivity index is 0.979. The van der Waals surface area contributed by atoms with Gasteiger partial charge in [0.05, 0.1) is 36.9 Å². The molecule has 0 radical (unpaired) electrons. The molecular weight excluding hydrogens is 717 g/mol. The first-order valence-electron chi connectivity index (χ1n) is 17.9. The fraction of sp³-hybridized carbons (Fsp3) is 0.389. The van der Waals surface area contributed by atoms with Crippen molar-refractivity contribution in [2.45, 2.75) is 56.5 Å². The number of hydrogen-bond acceptors (Lipinski definition) is 12. The predicted molar refractivity (Wildman–Crippen MR) is 199 cm³/mol. The predicted octanol–water partition coefficient (Wildman–Crippen LogP) is 1.78. The van der Waals surface area contributed by atoms with Gasteiger partial charge in [0.15, 0.2) is 0 Å². The molecule has 3 fully saturated rings. The minimum Gasteiger partial charge on any atom is -0.489 e. The summed E-state index contributed by atoms with van der Waals surface area (Å²) in [4.78, 5) is 62.6. The van der Waals surface area contributed by atoms with E-state index in [1.807, 2.05) is 12.1 Å². The Labute approximate surface area is 311 Å². The first-order valence-corrected chi connectivity index (χ1v) is 19.4. The van der Waals surface area contributed by atoms with Crippen LogP contribution in [0.2, 0.25) is 0 Å².